The number of nitrogens with zero attached hydrogens (tertiary/aromatic N) is 3. The van der Waals surface area contributed by atoms with Crippen molar-refractivity contribution in [3.63, 3.8) is 0 Å². The van der Waals surface area contributed by atoms with Crippen molar-refractivity contribution < 1.29 is 4.79 Å². The van der Waals surface area contributed by atoms with E-state index in [1.165, 1.54) is 48.9 Å². The van der Waals surface area contributed by atoms with Crippen LogP contribution in [0.3, 0.4) is 0 Å². The van der Waals surface area contributed by atoms with Crippen molar-refractivity contribution in [2.24, 2.45) is 24.8 Å². The van der Waals surface area contributed by atoms with Crippen LogP contribution in [0.1, 0.15) is 75.6 Å². The molecule has 1 aromatic carbocycles. The van der Waals surface area contributed by atoms with Gasteiger partial charge >= 0.3 is 0 Å². The number of carbonyl (C=O) groups excluding carboxylic acids is 1. The molecule has 4 heteroatoms. The van der Waals surface area contributed by atoms with Crippen molar-refractivity contribution in [1.82, 2.24) is 9.78 Å². The monoisotopic (exact) mass is 393 g/mol. The maximum atomic E-state index is 13.6. The van der Waals surface area contributed by atoms with Gasteiger partial charge in [0.1, 0.15) is 0 Å². The molecule has 1 saturated carbocycles. The summed E-state index contributed by atoms with van der Waals surface area (Å²) in [5.74, 6) is 2.10. The Labute approximate surface area is 175 Å². The fourth-order valence-electron chi connectivity index (χ4n) is 5.16. The lowest BCUT2D eigenvalue weighted by Crippen LogP contribution is -2.37. The summed E-state index contributed by atoms with van der Waals surface area (Å²) in [7, 11) is 2.00. The minimum Gasteiger partial charge on any atom is -0.307 e. The molecule has 1 aliphatic heterocycles. The molecule has 0 unspecified atom stereocenters. The Morgan fingerprint density at radius 2 is 1.90 bits per heavy atom. The summed E-state index contributed by atoms with van der Waals surface area (Å²) in [5.41, 5.74) is 4.72. The number of aromatic nitrogens is 2. The molecule has 1 aliphatic carbocycles. The van der Waals surface area contributed by atoms with Crippen molar-refractivity contribution in [3.8, 4) is 0 Å². The molecule has 2 aliphatic rings. The molecule has 2 heterocycles. The first-order valence-corrected chi connectivity index (χ1v) is 11.4. The summed E-state index contributed by atoms with van der Waals surface area (Å²) in [5, 5.41) is 4.45. The van der Waals surface area contributed by atoms with E-state index in [1.807, 2.05) is 22.8 Å². The van der Waals surface area contributed by atoms with Crippen LogP contribution in [0.5, 0.6) is 0 Å². The number of hydrogen-bond acceptors (Lipinski definition) is 2. The SMILES string of the molecule is CC(C)CCCC1CCC(C(=O)N2Cc3cnn(C)c3Cc3ccccc32)CC1. The number of anilines is 1. The predicted molar refractivity (Wildman–Crippen MR) is 118 cm³/mol. The minimum atomic E-state index is 0.169. The summed E-state index contributed by atoms with van der Waals surface area (Å²) in [6.45, 7) is 5.26. The number of benzene rings is 1. The molecular weight excluding hydrogens is 358 g/mol. The van der Waals surface area contributed by atoms with Gasteiger partial charge in [-0.25, -0.2) is 0 Å². The number of fused-ring (bicyclic) bond motifs is 2. The minimum absolute atomic E-state index is 0.169. The van der Waals surface area contributed by atoms with Crippen molar-refractivity contribution in [2.75, 3.05) is 4.90 Å². The van der Waals surface area contributed by atoms with Gasteiger partial charge in [-0.2, -0.15) is 5.10 Å². The average molecular weight is 394 g/mol. The summed E-state index contributed by atoms with van der Waals surface area (Å²) in [4.78, 5) is 15.6. The Morgan fingerprint density at radius 3 is 2.66 bits per heavy atom. The molecule has 29 heavy (non-hydrogen) atoms. The molecular formula is C25H35N3O. The lowest BCUT2D eigenvalue weighted by Gasteiger charge is -2.32. The number of amides is 1. The number of rotatable bonds is 5. The van der Waals surface area contributed by atoms with E-state index in [0.717, 1.165) is 36.8 Å². The van der Waals surface area contributed by atoms with Gasteiger partial charge in [0.15, 0.2) is 0 Å². The second-order valence-corrected chi connectivity index (χ2v) is 9.51. The van der Waals surface area contributed by atoms with Crippen molar-refractivity contribution in [2.45, 2.75) is 71.8 Å². The molecule has 0 atom stereocenters. The van der Waals surface area contributed by atoms with Crippen molar-refractivity contribution in [1.29, 1.82) is 0 Å². The molecule has 2 aromatic rings. The number of carbonyl (C=O) groups is 1. The van der Waals surface area contributed by atoms with Gasteiger partial charge in [0.2, 0.25) is 5.91 Å². The van der Waals surface area contributed by atoms with Gasteiger partial charge in [0.25, 0.3) is 0 Å². The maximum absolute atomic E-state index is 13.6. The third kappa shape index (κ3) is 4.41. The largest absolute Gasteiger partial charge is 0.307 e. The summed E-state index contributed by atoms with van der Waals surface area (Å²) in [6, 6.07) is 8.40. The fraction of sp³-hybridized carbons (Fsp3) is 0.600. The van der Waals surface area contributed by atoms with Gasteiger partial charge in [-0.15, -0.1) is 0 Å². The molecule has 4 rings (SSSR count). The standard InChI is InChI=1S/C25H35N3O/c1-18(2)7-6-8-19-11-13-20(14-12-19)25(29)28-17-22-16-26-27(3)24(22)15-21-9-4-5-10-23(21)28/h4-5,9-10,16,18-20H,6-8,11-15,17H2,1-3H3. The van der Waals surface area contributed by atoms with Crippen molar-refractivity contribution in [3.05, 3.63) is 47.3 Å². The first kappa shape index (κ1) is 20.2. The molecule has 0 N–H and O–H groups in total. The normalized spacial score (nSPS) is 21.6. The van der Waals surface area contributed by atoms with E-state index < -0.39 is 0 Å². The van der Waals surface area contributed by atoms with Crippen LogP contribution < -0.4 is 4.90 Å². The first-order valence-electron chi connectivity index (χ1n) is 11.4. The summed E-state index contributed by atoms with van der Waals surface area (Å²) >= 11 is 0. The third-order valence-corrected chi connectivity index (χ3v) is 6.97. The molecule has 0 saturated heterocycles. The highest BCUT2D eigenvalue weighted by Crippen LogP contribution is 2.37. The third-order valence-electron chi connectivity index (χ3n) is 6.97. The van der Waals surface area contributed by atoms with Gasteiger partial charge in [-0.05, 0) is 49.1 Å². The molecule has 0 bridgehead atoms. The van der Waals surface area contributed by atoms with Crippen LogP contribution in [0.25, 0.3) is 0 Å². The van der Waals surface area contributed by atoms with Crippen LogP contribution in [-0.4, -0.2) is 15.7 Å². The Morgan fingerprint density at radius 1 is 1.14 bits per heavy atom. The van der Waals surface area contributed by atoms with Crippen LogP contribution in [-0.2, 0) is 24.8 Å². The topological polar surface area (TPSA) is 38.1 Å². The van der Waals surface area contributed by atoms with E-state index in [2.05, 4.69) is 43.2 Å². The van der Waals surface area contributed by atoms with Gasteiger partial charge < -0.3 is 4.90 Å². The summed E-state index contributed by atoms with van der Waals surface area (Å²) in [6.07, 6.45) is 11.3. The van der Waals surface area contributed by atoms with E-state index in [9.17, 15) is 4.79 Å². The first-order chi connectivity index (χ1) is 14.0. The van der Waals surface area contributed by atoms with E-state index >= 15 is 0 Å². The predicted octanol–water partition coefficient (Wildman–Crippen LogP) is 5.49. The molecule has 1 aromatic heterocycles. The van der Waals surface area contributed by atoms with E-state index in [4.69, 9.17) is 0 Å². The molecule has 1 fully saturated rings. The highest BCUT2D eigenvalue weighted by Gasteiger charge is 2.33. The second kappa shape index (κ2) is 8.73. The second-order valence-electron chi connectivity index (χ2n) is 9.51. The zero-order valence-corrected chi connectivity index (χ0v) is 18.2. The van der Waals surface area contributed by atoms with Gasteiger partial charge in [-0.3, -0.25) is 9.48 Å². The Kier molecular flexibility index (Phi) is 6.07. The van der Waals surface area contributed by atoms with E-state index in [1.54, 1.807) is 0 Å². The molecule has 0 spiro atoms. The smallest absolute Gasteiger partial charge is 0.230 e. The van der Waals surface area contributed by atoms with Crippen LogP contribution >= 0.6 is 0 Å². The molecule has 4 nitrogen and oxygen atoms in total. The van der Waals surface area contributed by atoms with Crippen LogP contribution in [0, 0.1) is 17.8 Å². The number of aryl methyl sites for hydroxylation is 1. The van der Waals surface area contributed by atoms with E-state index in [-0.39, 0.29) is 5.92 Å². The molecule has 156 valence electrons. The number of para-hydroxylation sites is 1. The Hall–Kier alpha value is -2.10. The lowest BCUT2D eigenvalue weighted by molar-refractivity contribution is -0.123. The highest BCUT2D eigenvalue weighted by molar-refractivity contribution is 5.96. The van der Waals surface area contributed by atoms with Crippen molar-refractivity contribution >= 4 is 11.6 Å². The lowest BCUT2D eigenvalue weighted by atomic mass is 9.79. The quantitative estimate of drug-likeness (QED) is 0.674. The Bertz CT molecular complexity index is 846. The molecule has 0 radical (unpaired) electrons. The van der Waals surface area contributed by atoms with Crippen LogP contribution in [0.15, 0.2) is 30.5 Å². The van der Waals surface area contributed by atoms with Crippen LogP contribution in [0.4, 0.5) is 5.69 Å². The van der Waals surface area contributed by atoms with Gasteiger partial charge in [0, 0.05) is 36.3 Å². The van der Waals surface area contributed by atoms with E-state index in [0.29, 0.717) is 12.5 Å². The Balaban J connectivity index is 1.46. The fourth-order valence-corrected chi connectivity index (χ4v) is 5.16. The van der Waals surface area contributed by atoms with Gasteiger partial charge in [0.05, 0.1) is 12.7 Å². The highest BCUT2D eigenvalue weighted by atomic mass is 16.2. The van der Waals surface area contributed by atoms with Gasteiger partial charge in [-0.1, -0.05) is 51.3 Å². The number of hydrogen-bond donors (Lipinski definition) is 0. The average Bonchev–Trinajstić information content (AvgIpc) is 2.96. The van der Waals surface area contributed by atoms with Crippen LogP contribution in [0.2, 0.25) is 0 Å². The summed E-state index contributed by atoms with van der Waals surface area (Å²) < 4.78 is 1.96. The zero-order valence-electron chi connectivity index (χ0n) is 18.2. The zero-order chi connectivity index (χ0) is 20.4. The maximum Gasteiger partial charge on any atom is 0.230 e. The molecule has 1 amide bonds.